The molecule has 0 bridgehead atoms. The van der Waals surface area contributed by atoms with E-state index in [2.05, 4.69) is 9.97 Å². The number of nitrogens with one attached hydrogen (secondary N) is 1. The van der Waals surface area contributed by atoms with Crippen LogP contribution in [0.5, 0.6) is 5.75 Å². The van der Waals surface area contributed by atoms with Gasteiger partial charge in [-0.25, -0.2) is 4.98 Å². The zero-order valence-corrected chi connectivity index (χ0v) is 11.2. The highest BCUT2D eigenvalue weighted by Crippen LogP contribution is 2.21. The summed E-state index contributed by atoms with van der Waals surface area (Å²) in [7, 11) is 1.95. The second-order valence-electron chi connectivity index (χ2n) is 4.84. The number of nitrogens with zero attached hydrogens (tertiary/aromatic N) is 2. The molecule has 0 spiro atoms. The maximum Gasteiger partial charge on any atom is 0.126 e. The molecular weight excluding hydrogens is 252 g/mol. The number of benzene rings is 2. The highest BCUT2D eigenvalue weighted by molar-refractivity contribution is 5.78. The van der Waals surface area contributed by atoms with Crippen molar-refractivity contribution in [2.75, 3.05) is 17.7 Å². The van der Waals surface area contributed by atoms with Crippen molar-refractivity contribution in [2.24, 2.45) is 0 Å². The first-order valence-corrected chi connectivity index (χ1v) is 6.36. The number of phenolic OH excluding ortho intramolecular Hbond substituents is 1. The standard InChI is InChI=1S/C15H16N4O/c1-19(11-3-2-4-12(20)8-11)9-15-17-13-6-5-10(16)7-14(13)18-15/h2-8,20H,9,16H2,1H3,(H,17,18). The Morgan fingerprint density at radius 2 is 2.10 bits per heavy atom. The van der Waals surface area contributed by atoms with Crippen LogP contribution >= 0.6 is 0 Å². The molecule has 0 amide bonds. The molecule has 1 heterocycles. The summed E-state index contributed by atoms with van der Waals surface area (Å²) in [4.78, 5) is 9.80. The van der Waals surface area contributed by atoms with E-state index in [1.165, 1.54) is 0 Å². The van der Waals surface area contributed by atoms with Crippen molar-refractivity contribution in [1.29, 1.82) is 0 Å². The molecule has 0 aliphatic heterocycles. The molecule has 3 aromatic rings. The highest BCUT2D eigenvalue weighted by Gasteiger charge is 2.07. The van der Waals surface area contributed by atoms with Gasteiger partial charge in [0.1, 0.15) is 11.6 Å². The zero-order chi connectivity index (χ0) is 14.1. The predicted octanol–water partition coefficient (Wildman–Crippen LogP) is 2.49. The van der Waals surface area contributed by atoms with Crippen LogP contribution in [0.4, 0.5) is 11.4 Å². The van der Waals surface area contributed by atoms with Crippen molar-refractivity contribution in [3.63, 3.8) is 0 Å². The molecule has 4 N–H and O–H groups in total. The third-order valence-electron chi connectivity index (χ3n) is 3.21. The Hall–Kier alpha value is -2.69. The smallest absolute Gasteiger partial charge is 0.126 e. The van der Waals surface area contributed by atoms with Crippen LogP contribution in [-0.4, -0.2) is 22.1 Å². The minimum absolute atomic E-state index is 0.256. The Labute approximate surface area is 116 Å². The van der Waals surface area contributed by atoms with Crippen LogP contribution in [0.1, 0.15) is 5.82 Å². The van der Waals surface area contributed by atoms with Gasteiger partial charge in [0.25, 0.3) is 0 Å². The van der Waals surface area contributed by atoms with Crippen LogP contribution in [0, 0.1) is 0 Å². The average molecular weight is 268 g/mol. The number of aromatic hydroxyl groups is 1. The van der Waals surface area contributed by atoms with Crippen LogP contribution in [-0.2, 0) is 6.54 Å². The number of nitrogen functional groups attached to an aromatic ring is 1. The van der Waals surface area contributed by atoms with Gasteiger partial charge in [-0.2, -0.15) is 0 Å². The number of rotatable bonds is 3. The fourth-order valence-corrected chi connectivity index (χ4v) is 2.20. The molecule has 0 radical (unpaired) electrons. The van der Waals surface area contributed by atoms with Crippen LogP contribution in [0.25, 0.3) is 11.0 Å². The lowest BCUT2D eigenvalue weighted by atomic mass is 10.3. The van der Waals surface area contributed by atoms with Crippen molar-refractivity contribution in [2.45, 2.75) is 6.54 Å². The maximum absolute atomic E-state index is 9.51. The van der Waals surface area contributed by atoms with Crippen molar-refractivity contribution < 1.29 is 5.11 Å². The number of aromatic amines is 1. The SMILES string of the molecule is CN(Cc1nc2ccc(N)cc2[nH]1)c1cccc(O)c1. The van der Waals surface area contributed by atoms with Gasteiger partial charge in [-0.05, 0) is 30.3 Å². The lowest BCUT2D eigenvalue weighted by Crippen LogP contribution is -2.17. The first kappa shape index (κ1) is 12.3. The van der Waals surface area contributed by atoms with E-state index in [1.54, 1.807) is 12.1 Å². The summed E-state index contributed by atoms with van der Waals surface area (Å²) in [5.74, 6) is 1.11. The Morgan fingerprint density at radius 1 is 1.25 bits per heavy atom. The van der Waals surface area contributed by atoms with Crippen molar-refractivity contribution in [3.05, 3.63) is 48.3 Å². The van der Waals surface area contributed by atoms with Gasteiger partial charge in [-0.3, -0.25) is 0 Å². The van der Waals surface area contributed by atoms with Crippen LogP contribution in [0.3, 0.4) is 0 Å². The van der Waals surface area contributed by atoms with E-state index < -0.39 is 0 Å². The van der Waals surface area contributed by atoms with E-state index in [9.17, 15) is 5.11 Å². The molecule has 0 aliphatic rings. The maximum atomic E-state index is 9.51. The fraction of sp³-hybridized carbons (Fsp3) is 0.133. The molecule has 0 unspecified atom stereocenters. The summed E-state index contributed by atoms with van der Waals surface area (Å²) in [6, 6.07) is 12.8. The van der Waals surface area contributed by atoms with Gasteiger partial charge in [-0.15, -0.1) is 0 Å². The largest absolute Gasteiger partial charge is 0.508 e. The zero-order valence-electron chi connectivity index (χ0n) is 11.2. The summed E-state index contributed by atoms with van der Waals surface area (Å²) in [6.45, 7) is 0.623. The van der Waals surface area contributed by atoms with Crippen molar-refractivity contribution in [1.82, 2.24) is 9.97 Å². The lowest BCUT2D eigenvalue weighted by Gasteiger charge is -2.17. The molecule has 0 atom stereocenters. The van der Waals surface area contributed by atoms with Crippen molar-refractivity contribution in [3.8, 4) is 5.75 Å². The average Bonchev–Trinajstić information content (AvgIpc) is 2.80. The minimum Gasteiger partial charge on any atom is -0.508 e. The summed E-state index contributed by atoms with van der Waals surface area (Å²) >= 11 is 0. The molecule has 1 aromatic heterocycles. The number of H-pyrrole nitrogens is 1. The van der Waals surface area contributed by atoms with Gasteiger partial charge >= 0.3 is 0 Å². The van der Waals surface area contributed by atoms with Gasteiger partial charge in [-0.1, -0.05) is 6.07 Å². The number of aromatic nitrogens is 2. The number of hydrogen-bond acceptors (Lipinski definition) is 4. The first-order valence-electron chi connectivity index (χ1n) is 6.36. The van der Waals surface area contributed by atoms with Crippen LogP contribution in [0.2, 0.25) is 0 Å². The van der Waals surface area contributed by atoms with Crippen molar-refractivity contribution >= 4 is 22.4 Å². The monoisotopic (exact) mass is 268 g/mol. The molecule has 2 aromatic carbocycles. The van der Waals surface area contributed by atoms with Gasteiger partial charge in [0.15, 0.2) is 0 Å². The predicted molar refractivity (Wildman–Crippen MR) is 80.7 cm³/mol. The van der Waals surface area contributed by atoms with Crippen LogP contribution in [0.15, 0.2) is 42.5 Å². The van der Waals surface area contributed by atoms with E-state index in [0.29, 0.717) is 12.2 Å². The second kappa shape index (κ2) is 4.77. The summed E-state index contributed by atoms with van der Waals surface area (Å²) in [5.41, 5.74) is 9.24. The normalized spacial score (nSPS) is 10.8. The quantitative estimate of drug-likeness (QED) is 0.638. The fourth-order valence-electron chi connectivity index (χ4n) is 2.20. The number of nitrogens with two attached hydrogens (primary N) is 1. The van der Waals surface area contributed by atoms with Gasteiger partial charge in [0.05, 0.1) is 17.6 Å². The second-order valence-corrected chi connectivity index (χ2v) is 4.84. The third kappa shape index (κ3) is 2.38. The molecular formula is C15H16N4O. The molecule has 5 heteroatoms. The molecule has 0 saturated carbocycles. The number of anilines is 2. The summed E-state index contributed by atoms with van der Waals surface area (Å²) in [5, 5.41) is 9.51. The Kier molecular flexibility index (Phi) is 2.95. The van der Waals surface area contributed by atoms with E-state index in [4.69, 9.17) is 5.73 Å². The Morgan fingerprint density at radius 3 is 2.90 bits per heavy atom. The number of imidazole rings is 1. The van der Waals surface area contributed by atoms with Gasteiger partial charge < -0.3 is 20.7 Å². The molecule has 20 heavy (non-hydrogen) atoms. The number of hydrogen-bond donors (Lipinski definition) is 3. The summed E-state index contributed by atoms with van der Waals surface area (Å²) in [6.07, 6.45) is 0. The lowest BCUT2D eigenvalue weighted by molar-refractivity contribution is 0.475. The molecule has 0 saturated heterocycles. The molecule has 0 aliphatic carbocycles. The van der Waals surface area contributed by atoms with E-state index in [-0.39, 0.29) is 5.75 Å². The topological polar surface area (TPSA) is 78.2 Å². The van der Waals surface area contributed by atoms with Crippen LogP contribution < -0.4 is 10.6 Å². The number of phenols is 1. The third-order valence-corrected chi connectivity index (χ3v) is 3.21. The summed E-state index contributed by atoms with van der Waals surface area (Å²) < 4.78 is 0. The van der Waals surface area contributed by atoms with E-state index in [0.717, 1.165) is 22.5 Å². The number of fused-ring (bicyclic) bond motifs is 1. The Bertz CT molecular complexity index is 750. The Balaban J connectivity index is 1.85. The molecule has 0 fully saturated rings. The first-order chi connectivity index (χ1) is 9.61. The molecule has 102 valence electrons. The highest BCUT2D eigenvalue weighted by atomic mass is 16.3. The van der Waals surface area contributed by atoms with Gasteiger partial charge in [0.2, 0.25) is 0 Å². The molecule has 3 rings (SSSR count). The van der Waals surface area contributed by atoms with E-state index in [1.807, 2.05) is 42.3 Å². The van der Waals surface area contributed by atoms with Gasteiger partial charge in [0, 0.05) is 24.5 Å². The minimum atomic E-state index is 0.256. The van der Waals surface area contributed by atoms with E-state index >= 15 is 0 Å². The molecule has 5 nitrogen and oxygen atoms in total.